The van der Waals surface area contributed by atoms with E-state index in [1.54, 1.807) is 6.92 Å². The van der Waals surface area contributed by atoms with Gasteiger partial charge in [0.05, 0.1) is 6.04 Å². The van der Waals surface area contributed by atoms with E-state index in [-0.39, 0.29) is 30.1 Å². The van der Waals surface area contributed by atoms with Crippen molar-refractivity contribution in [2.24, 2.45) is 11.7 Å². The molecule has 1 atom stereocenters. The van der Waals surface area contributed by atoms with Crippen molar-refractivity contribution in [3.8, 4) is 0 Å². The molecule has 13 heavy (non-hydrogen) atoms. The second kappa shape index (κ2) is 5.04. The van der Waals surface area contributed by atoms with Crippen LogP contribution in [0.3, 0.4) is 0 Å². The fourth-order valence-electron chi connectivity index (χ4n) is 0.685. The van der Waals surface area contributed by atoms with E-state index in [0.717, 1.165) is 12.8 Å². The molecule has 0 radical (unpaired) electrons. The molecule has 1 saturated carbocycles. The summed E-state index contributed by atoms with van der Waals surface area (Å²) >= 11 is 0. The Kier molecular flexibility index (Phi) is 4.72. The molecule has 0 saturated heterocycles. The summed E-state index contributed by atoms with van der Waals surface area (Å²) in [5.74, 6) is -0.397. The maximum atomic E-state index is 11.0. The minimum atomic E-state index is -0.593. The predicted octanol–water partition coefficient (Wildman–Crippen LogP) is -0.687. The van der Waals surface area contributed by atoms with E-state index in [9.17, 15) is 9.59 Å². The lowest BCUT2D eigenvalue weighted by Gasteiger charge is -2.07. The van der Waals surface area contributed by atoms with Gasteiger partial charge in [0.1, 0.15) is 0 Å². The molecule has 1 unspecified atom stereocenters. The SMILES string of the molecule is CC(N)C(=O)NNC(=O)C1CC1.Cl. The predicted molar refractivity (Wildman–Crippen MR) is 49.9 cm³/mol. The van der Waals surface area contributed by atoms with Crippen LogP contribution in [0.2, 0.25) is 0 Å². The zero-order chi connectivity index (χ0) is 9.14. The van der Waals surface area contributed by atoms with E-state index in [4.69, 9.17) is 5.73 Å². The summed E-state index contributed by atoms with van der Waals surface area (Å²) in [6.45, 7) is 1.55. The van der Waals surface area contributed by atoms with Crippen LogP contribution in [0.5, 0.6) is 0 Å². The smallest absolute Gasteiger partial charge is 0.254 e. The van der Waals surface area contributed by atoms with Crippen LogP contribution >= 0.6 is 12.4 Å². The molecule has 0 aromatic carbocycles. The van der Waals surface area contributed by atoms with Gasteiger partial charge in [-0.2, -0.15) is 0 Å². The first-order valence-corrected chi connectivity index (χ1v) is 3.96. The Labute approximate surface area is 82.8 Å². The van der Waals surface area contributed by atoms with Crippen molar-refractivity contribution in [3.63, 3.8) is 0 Å². The van der Waals surface area contributed by atoms with Gasteiger partial charge in [0.15, 0.2) is 0 Å². The van der Waals surface area contributed by atoms with Gasteiger partial charge in [0.25, 0.3) is 5.91 Å². The molecule has 76 valence electrons. The number of hydrogen-bond donors (Lipinski definition) is 3. The average Bonchev–Trinajstić information content (AvgIpc) is 2.81. The Balaban J connectivity index is 0.00000144. The van der Waals surface area contributed by atoms with Crippen LogP contribution in [0.25, 0.3) is 0 Å². The lowest BCUT2D eigenvalue weighted by Crippen LogP contribution is -2.48. The molecule has 1 rings (SSSR count). The van der Waals surface area contributed by atoms with E-state index in [2.05, 4.69) is 10.9 Å². The largest absolute Gasteiger partial charge is 0.320 e. The highest BCUT2D eigenvalue weighted by Gasteiger charge is 2.29. The Morgan fingerprint density at radius 3 is 2.31 bits per heavy atom. The van der Waals surface area contributed by atoms with Crippen LogP contribution in [0, 0.1) is 5.92 Å². The average molecular weight is 208 g/mol. The maximum absolute atomic E-state index is 11.0. The zero-order valence-corrected chi connectivity index (χ0v) is 8.19. The van der Waals surface area contributed by atoms with Crippen LogP contribution in [-0.4, -0.2) is 17.9 Å². The monoisotopic (exact) mass is 207 g/mol. The van der Waals surface area contributed by atoms with Gasteiger partial charge in [-0.1, -0.05) is 0 Å². The normalized spacial score (nSPS) is 16.8. The molecular formula is C7H14ClN3O2. The Morgan fingerprint density at radius 1 is 1.38 bits per heavy atom. The van der Waals surface area contributed by atoms with Gasteiger partial charge in [-0.05, 0) is 19.8 Å². The highest BCUT2D eigenvalue weighted by atomic mass is 35.5. The third-order valence-corrected chi connectivity index (χ3v) is 1.67. The fraction of sp³-hybridized carbons (Fsp3) is 0.714. The van der Waals surface area contributed by atoms with Crippen LogP contribution in [0.4, 0.5) is 0 Å². The fourth-order valence-corrected chi connectivity index (χ4v) is 0.685. The van der Waals surface area contributed by atoms with Gasteiger partial charge < -0.3 is 5.73 Å². The number of amides is 2. The second-order valence-electron chi connectivity index (χ2n) is 3.04. The van der Waals surface area contributed by atoms with Gasteiger partial charge >= 0.3 is 0 Å². The number of carbonyl (C=O) groups is 2. The van der Waals surface area contributed by atoms with E-state index in [1.807, 2.05) is 0 Å². The number of rotatable bonds is 2. The van der Waals surface area contributed by atoms with Crippen LogP contribution in [-0.2, 0) is 9.59 Å². The highest BCUT2D eigenvalue weighted by molar-refractivity contribution is 5.86. The number of nitrogens with one attached hydrogen (secondary N) is 2. The van der Waals surface area contributed by atoms with E-state index >= 15 is 0 Å². The summed E-state index contributed by atoms with van der Waals surface area (Å²) in [4.78, 5) is 21.8. The van der Waals surface area contributed by atoms with Gasteiger partial charge in [-0.3, -0.25) is 20.4 Å². The van der Waals surface area contributed by atoms with Gasteiger partial charge in [-0.25, -0.2) is 0 Å². The molecule has 4 N–H and O–H groups in total. The minimum absolute atomic E-state index is 0. The molecule has 1 aliphatic carbocycles. The molecule has 0 heterocycles. The molecule has 0 aliphatic heterocycles. The molecule has 0 spiro atoms. The Hall–Kier alpha value is -0.810. The third kappa shape index (κ3) is 4.10. The first-order valence-electron chi connectivity index (χ1n) is 3.96. The van der Waals surface area contributed by atoms with Crippen LogP contribution in [0.1, 0.15) is 19.8 Å². The number of carbonyl (C=O) groups excluding carboxylic acids is 2. The van der Waals surface area contributed by atoms with Crippen molar-refractivity contribution in [2.75, 3.05) is 0 Å². The van der Waals surface area contributed by atoms with Crippen molar-refractivity contribution in [3.05, 3.63) is 0 Å². The van der Waals surface area contributed by atoms with Gasteiger partial charge in [0, 0.05) is 5.92 Å². The maximum Gasteiger partial charge on any atom is 0.254 e. The van der Waals surface area contributed by atoms with Crippen molar-refractivity contribution in [1.82, 2.24) is 10.9 Å². The zero-order valence-electron chi connectivity index (χ0n) is 7.37. The number of hydrogen-bond acceptors (Lipinski definition) is 3. The minimum Gasteiger partial charge on any atom is -0.320 e. The first kappa shape index (κ1) is 12.2. The van der Waals surface area contributed by atoms with E-state index < -0.39 is 6.04 Å². The van der Waals surface area contributed by atoms with Crippen LogP contribution in [0.15, 0.2) is 0 Å². The van der Waals surface area contributed by atoms with Crippen molar-refractivity contribution in [1.29, 1.82) is 0 Å². The van der Waals surface area contributed by atoms with Gasteiger partial charge in [-0.15, -0.1) is 12.4 Å². The number of nitrogens with two attached hydrogens (primary N) is 1. The summed E-state index contributed by atoms with van der Waals surface area (Å²) in [5.41, 5.74) is 9.80. The van der Waals surface area contributed by atoms with Crippen molar-refractivity contribution < 1.29 is 9.59 Å². The molecule has 0 aromatic rings. The molecule has 6 heteroatoms. The summed E-state index contributed by atoms with van der Waals surface area (Å²) < 4.78 is 0. The highest BCUT2D eigenvalue weighted by Crippen LogP contribution is 2.28. The molecule has 5 nitrogen and oxygen atoms in total. The second-order valence-corrected chi connectivity index (χ2v) is 3.04. The molecule has 1 aliphatic rings. The summed E-state index contributed by atoms with van der Waals surface area (Å²) in [6, 6.07) is -0.593. The quantitative estimate of drug-likeness (QED) is 0.525. The molecule has 0 bridgehead atoms. The first-order chi connectivity index (χ1) is 5.61. The summed E-state index contributed by atoms with van der Waals surface area (Å²) in [6.07, 6.45) is 1.83. The van der Waals surface area contributed by atoms with Crippen LogP contribution < -0.4 is 16.6 Å². The summed E-state index contributed by atoms with van der Waals surface area (Å²) in [5, 5.41) is 0. The molecular weight excluding hydrogens is 194 g/mol. The van der Waals surface area contributed by atoms with Gasteiger partial charge in [0.2, 0.25) is 5.91 Å². The standard InChI is InChI=1S/C7H13N3O2.ClH/c1-4(8)6(11)9-10-7(12)5-2-3-5;/h4-5H,2-3,8H2,1H3,(H,9,11)(H,10,12);1H. The Morgan fingerprint density at radius 2 is 1.92 bits per heavy atom. The Bertz CT molecular complexity index is 190. The number of hydrazine groups is 1. The van der Waals surface area contributed by atoms with E-state index in [0.29, 0.717) is 0 Å². The molecule has 0 aromatic heterocycles. The molecule has 1 fully saturated rings. The number of halogens is 1. The van der Waals surface area contributed by atoms with Crippen molar-refractivity contribution in [2.45, 2.75) is 25.8 Å². The summed E-state index contributed by atoms with van der Waals surface area (Å²) in [7, 11) is 0. The van der Waals surface area contributed by atoms with Crippen molar-refractivity contribution >= 4 is 24.2 Å². The van der Waals surface area contributed by atoms with E-state index in [1.165, 1.54) is 0 Å². The topological polar surface area (TPSA) is 84.2 Å². The lowest BCUT2D eigenvalue weighted by atomic mass is 10.3. The third-order valence-electron chi connectivity index (χ3n) is 1.67. The molecule has 2 amide bonds. The lowest BCUT2D eigenvalue weighted by molar-refractivity contribution is -0.130.